The normalized spacial score (nSPS) is 18.4. The summed E-state index contributed by atoms with van der Waals surface area (Å²) in [4.78, 5) is 0. The summed E-state index contributed by atoms with van der Waals surface area (Å²) in [5.41, 5.74) is -0.506. The zero-order valence-corrected chi connectivity index (χ0v) is 15.8. The number of hydrogen-bond acceptors (Lipinski definition) is 3. The molecule has 6 heteroatoms. The molecule has 122 valence electrons. The minimum Gasteiger partial charge on any atom is -0.617 e. The molecule has 4 nitrogen and oxygen atoms in total. The number of hydrogen-bond donors (Lipinski definition) is 0. The van der Waals surface area contributed by atoms with Crippen molar-refractivity contribution in [2.45, 2.75) is 59.5 Å². The minimum atomic E-state index is -3.34. The van der Waals surface area contributed by atoms with Gasteiger partial charge in [0.2, 0.25) is 10.0 Å². The Bertz CT molecular complexity index is 386. The van der Waals surface area contributed by atoms with Crippen LogP contribution in [0.5, 0.6) is 0 Å². The molecule has 0 rings (SSSR count). The molecule has 0 radical (unpaired) electrons. The molecule has 0 aliphatic carbocycles. The highest BCUT2D eigenvalue weighted by atomic mass is 32.2. The molecule has 0 spiro atoms. The molecule has 0 heterocycles. The molecule has 3 atom stereocenters. The van der Waals surface area contributed by atoms with Crippen LogP contribution in [0.3, 0.4) is 0 Å². The molecule has 0 aromatic rings. The van der Waals surface area contributed by atoms with Crippen molar-refractivity contribution in [3.05, 3.63) is 0 Å². The van der Waals surface area contributed by atoms with Gasteiger partial charge < -0.3 is 4.55 Å². The van der Waals surface area contributed by atoms with Crippen LogP contribution >= 0.6 is 0 Å². The number of rotatable bonds is 7. The standard InChI is InChI=1S/C14H31NO3S2/c1-11(2)12(3)9-13(10-19(7)16)15(14(4,5)6)20(8,17)18/h11-13H,9-10H2,1-8H3. The highest BCUT2D eigenvalue weighted by Gasteiger charge is 2.38. The van der Waals surface area contributed by atoms with Crippen molar-refractivity contribution in [3.8, 4) is 0 Å². The van der Waals surface area contributed by atoms with Crippen molar-refractivity contribution in [2.24, 2.45) is 11.8 Å². The lowest BCUT2D eigenvalue weighted by Gasteiger charge is -2.40. The largest absolute Gasteiger partial charge is 0.617 e. The van der Waals surface area contributed by atoms with E-state index in [2.05, 4.69) is 20.8 Å². The van der Waals surface area contributed by atoms with Crippen molar-refractivity contribution in [1.82, 2.24) is 4.31 Å². The van der Waals surface area contributed by atoms with E-state index in [1.165, 1.54) is 6.26 Å². The van der Waals surface area contributed by atoms with Gasteiger partial charge in [0.05, 0.1) is 18.6 Å². The molecule has 0 aliphatic heterocycles. The second kappa shape index (κ2) is 7.47. The SMILES string of the molecule is CC(C)C(C)CC(C[S+](C)[O-])N(C(C)(C)C)S(C)(=O)=O. The highest BCUT2D eigenvalue weighted by molar-refractivity contribution is 7.91. The fourth-order valence-corrected chi connectivity index (χ4v) is 5.14. The van der Waals surface area contributed by atoms with Crippen molar-refractivity contribution in [3.63, 3.8) is 0 Å². The van der Waals surface area contributed by atoms with E-state index in [-0.39, 0.29) is 6.04 Å². The zero-order valence-electron chi connectivity index (χ0n) is 14.1. The van der Waals surface area contributed by atoms with Crippen LogP contribution in [0.4, 0.5) is 0 Å². The van der Waals surface area contributed by atoms with Gasteiger partial charge in [-0.25, -0.2) is 8.42 Å². The van der Waals surface area contributed by atoms with Crippen LogP contribution < -0.4 is 0 Å². The first-order chi connectivity index (χ1) is 8.76. The minimum absolute atomic E-state index is 0.215. The summed E-state index contributed by atoms with van der Waals surface area (Å²) in [5.74, 6) is 1.25. The zero-order chi connectivity index (χ0) is 16.3. The third-order valence-electron chi connectivity index (χ3n) is 3.56. The fraction of sp³-hybridized carbons (Fsp3) is 1.00. The lowest BCUT2D eigenvalue weighted by Crippen LogP contribution is -2.54. The third kappa shape index (κ3) is 6.78. The van der Waals surface area contributed by atoms with Gasteiger partial charge in [0.15, 0.2) is 0 Å². The molecule has 20 heavy (non-hydrogen) atoms. The van der Waals surface area contributed by atoms with Crippen LogP contribution in [0, 0.1) is 11.8 Å². The summed E-state index contributed by atoms with van der Waals surface area (Å²) in [6.45, 7) is 12.1. The van der Waals surface area contributed by atoms with Crippen molar-refractivity contribution >= 4 is 21.2 Å². The molecule has 0 saturated carbocycles. The van der Waals surface area contributed by atoms with Crippen LogP contribution in [0.1, 0.15) is 48.0 Å². The summed E-state index contributed by atoms with van der Waals surface area (Å²) in [5, 5.41) is 0. The van der Waals surface area contributed by atoms with E-state index in [1.807, 2.05) is 20.8 Å². The molecule has 0 aromatic carbocycles. The molecule has 0 amide bonds. The molecule has 0 saturated heterocycles. The molecule has 0 N–H and O–H groups in total. The van der Waals surface area contributed by atoms with E-state index in [1.54, 1.807) is 10.6 Å². The Kier molecular flexibility index (Phi) is 7.56. The first-order valence-corrected chi connectivity index (χ1v) is 10.6. The Hall–Kier alpha value is 0.220. The van der Waals surface area contributed by atoms with E-state index in [9.17, 15) is 13.0 Å². The molecular weight excluding hydrogens is 294 g/mol. The van der Waals surface area contributed by atoms with E-state index in [4.69, 9.17) is 0 Å². The lowest BCUT2D eigenvalue weighted by molar-refractivity contribution is 0.172. The Labute approximate surface area is 128 Å². The van der Waals surface area contributed by atoms with Gasteiger partial charge in [-0.15, -0.1) is 0 Å². The molecule has 0 fully saturated rings. The van der Waals surface area contributed by atoms with E-state index in [0.29, 0.717) is 17.6 Å². The van der Waals surface area contributed by atoms with Gasteiger partial charge in [-0.05, 0) is 39.0 Å². The molecule has 0 aliphatic rings. The fourth-order valence-electron chi connectivity index (χ4n) is 2.52. The highest BCUT2D eigenvalue weighted by Crippen LogP contribution is 2.28. The lowest BCUT2D eigenvalue weighted by atomic mass is 9.90. The Balaban J connectivity index is 5.45. The first kappa shape index (κ1) is 20.2. The summed E-state index contributed by atoms with van der Waals surface area (Å²) in [6.07, 6.45) is 3.61. The van der Waals surface area contributed by atoms with Crippen LogP contribution in [-0.4, -0.2) is 47.1 Å². The summed E-state index contributed by atoms with van der Waals surface area (Å²) >= 11 is -1.02. The van der Waals surface area contributed by atoms with E-state index in [0.717, 1.165) is 6.42 Å². The van der Waals surface area contributed by atoms with Gasteiger partial charge in [-0.2, -0.15) is 4.31 Å². The van der Waals surface area contributed by atoms with Crippen LogP contribution in [0.2, 0.25) is 0 Å². The maximum atomic E-state index is 12.2. The van der Waals surface area contributed by atoms with Crippen molar-refractivity contribution < 1.29 is 13.0 Å². The first-order valence-electron chi connectivity index (χ1n) is 7.06. The predicted molar refractivity (Wildman–Crippen MR) is 87.8 cm³/mol. The summed E-state index contributed by atoms with van der Waals surface area (Å²) < 4.78 is 37.6. The van der Waals surface area contributed by atoms with Crippen molar-refractivity contribution in [2.75, 3.05) is 18.3 Å². The van der Waals surface area contributed by atoms with E-state index < -0.39 is 26.7 Å². The van der Waals surface area contributed by atoms with Gasteiger partial charge in [0.25, 0.3) is 0 Å². The Morgan fingerprint density at radius 2 is 1.65 bits per heavy atom. The smallest absolute Gasteiger partial charge is 0.212 e. The van der Waals surface area contributed by atoms with Crippen LogP contribution in [-0.2, 0) is 21.2 Å². The number of nitrogens with zero attached hydrogens (tertiary/aromatic N) is 1. The number of sulfonamides is 1. The topological polar surface area (TPSA) is 60.4 Å². The van der Waals surface area contributed by atoms with Gasteiger partial charge in [0.1, 0.15) is 5.75 Å². The maximum absolute atomic E-state index is 12.2. The quantitative estimate of drug-likeness (QED) is 0.676. The summed E-state index contributed by atoms with van der Waals surface area (Å²) in [7, 11) is -3.34. The molecular formula is C14H31NO3S2. The Morgan fingerprint density at radius 1 is 1.20 bits per heavy atom. The molecule has 0 aromatic heterocycles. The van der Waals surface area contributed by atoms with E-state index >= 15 is 0 Å². The average Bonchev–Trinajstić information content (AvgIpc) is 2.10. The van der Waals surface area contributed by atoms with Crippen LogP contribution in [0.15, 0.2) is 0 Å². The molecule has 0 bridgehead atoms. The van der Waals surface area contributed by atoms with Gasteiger partial charge in [0, 0.05) is 5.54 Å². The van der Waals surface area contributed by atoms with Gasteiger partial charge in [-0.1, -0.05) is 31.9 Å². The predicted octanol–water partition coefficient (Wildman–Crippen LogP) is 2.48. The Morgan fingerprint density at radius 3 is 1.90 bits per heavy atom. The summed E-state index contributed by atoms with van der Waals surface area (Å²) in [6, 6.07) is -0.215. The van der Waals surface area contributed by atoms with Gasteiger partial charge >= 0.3 is 0 Å². The monoisotopic (exact) mass is 325 g/mol. The van der Waals surface area contributed by atoms with Crippen molar-refractivity contribution in [1.29, 1.82) is 0 Å². The maximum Gasteiger partial charge on any atom is 0.212 e. The molecule has 3 unspecified atom stereocenters. The van der Waals surface area contributed by atoms with Gasteiger partial charge in [-0.3, -0.25) is 0 Å². The average molecular weight is 326 g/mol. The van der Waals surface area contributed by atoms with Crippen LogP contribution in [0.25, 0.3) is 0 Å². The second-order valence-electron chi connectivity index (χ2n) is 7.08. The second-order valence-corrected chi connectivity index (χ2v) is 10.4. The third-order valence-corrected chi connectivity index (χ3v) is 5.97.